The zero-order valence-corrected chi connectivity index (χ0v) is 11.5. The molecule has 0 N–H and O–H groups in total. The van der Waals surface area contributed by atoms with Crippen LogP contribution in [0.3, 0.4) is 0 Å². The molecular formula is C13H17N3OP+. The average Bonchev–Trinajstić information content (AvgIpc) is 2.94. The second-order valence-electron chi connectivity index (χ2n) is 3.90. The van der Waals surface area contributed by atoms with Gasteiger partial charge in [-0.2, -0.15) is 0 Å². The maximum atomic E-state index is 12.3. The Balaban J connectivity index is 2.20. The quantitative estimate of drug-likeness (QED) is 0.777. The molecule has 0 fully saturated rings. The van der Waals surface area contributed by atoms with Gasteiger partial charge in [0.2, 0.25) is 5.30 Å². The maximum Gasteiger partial charge on any atom is 0.474 e. The number of hydrogen-bond acceptors (Lipinski definition) is 2. The molecule has 0 bridgehead atoms. The highest BCUT2D eigenvalue weighted by atomic mass is 31.1. The van der Waals surface area contributed by atoms with E-state index in [1.165, 1.54) is 0 Å². The molecule has 0 spiro atoms. The van der Waals surface area contributed by atoms with Crippen LogP contribution in [0.2, 0.25) is 0 Å². The van der Waals surface area contributed by atoms with Crippen LogP contribution in [-0.2, 0) is 4.57 Å². The van der Waals surface area contributed by atoms with Gasteiger partial charge in [0.1, 0.15) is 0 Å². The molecule has 2 rings (SSSR count). The van der Waals surface area contributed by atoms with E-state index in [9.17, 15) is 4.57 Å². The molecule has 0 aliphatic rings. The summed E-state index contributed by atoms with van der Waals surface area (Å²) in [6, 6.07) is 7.78. The first-order chi connectivity index (χ1) is 8.76. The second-order valence-corrected chi connectivity index (χ2v) is 5.53. The van der Waals surface area contributed by atoms with E-state index >= 15 is 0 Å². The summed E-state index contributed by atoms with van der Waals surface area (Å²) in [5.41, 5.74) is 1.03. The lowest BCUT2D eigenvalue weighted by atomic mass is 10.3. The molecule has 1 aromatic heterocycles. The summed E-state index contributed by atoms with van der Waals surface area (Å²) in [4.78, 5) is 4.01. The van der Waals surface area contributed by atoms with Gasteiger partial charge in [-0.3, -0.25) is 0 Å². The van der Waals surface area contributed by atoms with E-state index in [0.29, 0.717) is 0 Å². The van der Waals surface area contributed by atoms with Crippen LogP contribution in [0.4, 0.5) is 0 Å². The molecule has 0 aliphatic carbocycles. The van der Waals surface area contributed by atoms with Crippen molar-refractivity contribution in [1.82, 2.24) is 14.2 Å². The van der Waals surface area contributed by atoms with E-state index < -0.39 is 7.95 Å². The van der Waals surface area contributed by atoms with Crippen LogP contribution in [-0.4, -0.2) is 27.3 Å². The zero-order valence-electron chi connectivity index (χ0n) is 10.7. The molecule has 1 unspecified atom stereocenters. The molecule has 0 amide bonds. The molecule has 94 valence electrons. The summed E-state index contributed by atoms with van der Waals surface area (Å²) in [5, 5.41) is 0.873. The third kappa shape index (κ3) is 2.66. The largest absolute Gasteiger partial charge is 0.474 e. The van der Waals surface area contributed by atoms with Crippen molar-refractivity contribution >= 4 is 13.3 Å². The zero-order chi connectivity index (χ0) is 13.0. The topological polar surface area (TPSA) is 38.1 Å². The second kappa shape index (κ2) is 5.89. The van der Waals surface area contributed by atoms with E-state index in [4.69, 9.17) is 0 Å². The van der Waals surface area contributed by atoms with Crippen LogP contribution in [0.1, 0.15) is 13.8 Å². The van der Waals surface area contributed by atoms with Crippen LogP contribution in [0.15, 0.2) is 43.0 Å². The standard InChI is InChI=1S/C13H17N3OP/c1-3-16(4-2)18(17)13-7-5-12(6-8-13)15-10-9-14-11-15/h5-11H,3-4H2,1-2H3/q+1. The summed E-state index contributed by atoms with van der Waals surface area (Å²) < 4.78 is 16.1. The van der Waals surface area contributed by atoms with Crippen molar-refractivity contribution in [2.75, 3.05) is 13.1 Å². The molecule has 2 aromatic rings. The first kappa shape index (κ1) is 12.9. The van der Waals surface area contributed by atoms with E-state index in [1.54, 1.807) is 12.5 Å². The lowest BCUT2D eigenvalue weighted by Crippen LogP contribution is -2.18. The van der Waals surface area contributed by atoms with Gasteiger partial charge in [0.15, 0.2) is 0 Å². The monoisotopic (exact) mass is 262 g/mol. The minimum Gasteiger partial charge on any atom is -0.306 e. The minimum absolute atomic E-state index is 0.801. The first-order valence-corrected chi connectivity index (χ1v) is 7.28. The average molecular weight is 262 g/mol. The Bertz CT molecular complexity index is 504. The number of rotatable bonds is 5. The summed E-state index contributed by atoms with van der Waals surface area (Å²) in [6.45, 7) is 5.65. The fourth-order valence-electron chi connectivity index (χ4n) is 1.81. The van der Waals surface area contributed by atoms with Gasteiger partial charge in [-0.1, -0.05) is 4.67 Å². The molecule has 4 nitrogen and oxygen atoms in total. The van der Waals surface area contributed by atoms with Crippen LogP contribution in [0.25, 0.3) is 5.69 Å². The van der Waals surface area contributed by atoms with E-state index in [1.807, 2.05) is 53.5 Å². The van der Waals surface area contributed by atoms with E-state index in [2.05, 4.69) is 4.98 Å². The Kier molecular flexibility index (Phi) is 4.24. The molecule has 1 heterocycles. The number of imidazole rings is 1. The molecule has 1 aromatic carbocycles. The summed E-state index contributed by atoms with van der Waals surface area (Å²) in [6.07, 6.45) is 5.38. The molecule has 0 radical (unpaired) electrons. The van der Waals surface area contributed by atoms with Gasteiger partial charge >= 0.3 is 7.95 Å². The van der Waals surface area contributed by atoms with Crippen molar-refractivity contribution < 1.29 is 4.57 Å². The summed E-state index contributed by atoms with van der Waals surface area (Å²) in [5.74, 6) is 0. The van der Waals surface area contributed by atoms with Crippen molar-refractivity contribution in [2.45, 2.75) is 13.8 Å². The Morgan fingerprint density at radius 1 is 1.22 bits per heavy atom. The smallest absolute Gasteiger partial charge is 0.306 e. The third-order valence-electron chi connectivity index (χ3n) is 2.86. The number of hydrogen-bond donors (Lipinski definition) is 0. The predicted octanol–water partition coefficient (Wildman–Crippen LogP) is 2.58. The lowest BCUT2D eigenvalue weighted by Gasteiger charge is -2.05. The van der Waals surface area contributed by atoms with Crippen molar-refractivity contribution in [3.63, 3.8) is 0 Å². The van der Waals surface area contributed by atoms with Crippen LogP contribution < -0.4 is 5.30 Å². The number of benzene rings is 1. The Morgan fingerprint density at radius 3 is 2.39 bits per heavy atom. The van der Waals surface area contributed by atoms with Gasteiger partial charge < -0.3 is 4.57 Å². The maximum absolute atomic E-state index is 12.3. The normalized spacial score (nSPS) is 11.8. The van der Waals surface area contributed by atoms with Gasteiger partial charge in [0.25, 0.3) is 0 Å². The van der Waals surface area contributed by atoms with Crippen molar-refractivity contribution in [2.24, 2.45) is 0 Å². The van der Waals surface area contributed by atoms with Crippen LogP contribution in [0.5, 0.6) is 0 Å². The van der Waals surface area contributed by atoms with Crippen molar-refractivity contribution in [3.8, 4) is 5.69 Å². The van der Waals surface area contributed by atoms with Crippen LogP contribution >= 0.6 is 7.95 Å². The van der Waals surface area contributed by atoms with Gasteiger partial charge in [-0.15, -0.1) is 0 Å². The van der Waals surface area contributed by atoms with Gasteiger partial charge in [-0.25, -0.2) is 4.98 Å². The van der Waals surface area contributed by atoms with E-state index in [0.717, 1.165) is 24.1 Å². The SMILES string of the molecule is CCN(CC)[P+](=O)c1ccc(-n2ccnc2)cc1. The van der Waals surface area contributed by atoms with Gasteiger partial charge in [0.05, 0.1) is 6.33 Å². The highest BCUT2D eigenvalue weighted by molar-refractivity contribution is 7.51. The Labute approximate surface area is 108 Å². The molecular weight excluding hydrogens is 245 g/mol. The highest BCUT2D eigenvalue weighted by Crippen LogP contribution is 2.25. The van der Waals surface area contributed by atoms with Gasteiger partial charge in [-0.05, 0) is 42.7 Å². The third-order valence-corrected chi connectivity index (χ3v) is 4.68. The molecule has 18 heavy (non-hydrogen) atoms. The van der Waals surface area contributed by atoms with Crippen LogP contribution in [0, 0.1) is 0 Å². The van der Waals surface area contributed by atoms with Crippen molar-refractivity contribution in [1.29, 1.82) is 0 Å². The fraction of sp³-hybridized carbons (Fsp3) is 0.308. The minimum atomic E-state index is -1.45. The number of nitrogens with zero attached hydrogens (tertiary/aromatic N) is 3. The first-order valence-electron chi connectivity index (χ1n) is 6.06. The molecule has 1 atom stereocenters. The van der Waals surface area contributed by atoms with Gasteiger partial charge in [0, 0.05) is 31.2 Å². The molecule has 0 aliphatic heterocycles. The molecule has 5 heteroatoms. The molecule has 0 saturated heterocycles. The summed E-state index contributed by atoms with van der Waals surface area (Å²) >= 11 is 0. The predicted molar refractivity (Wildman–Crippen MR) is 73.7 cm³/mol. The fourth-order valence-corrected chi connectivity index (χ4v) is 3.05. The lowest BCUT2D eigenvalue weighted by molar-refractivity contribution is 0.467. The number of aromatic nitrogens is 2. The Morgan fingerprint density at radius 2 is 1.89 bits per heavy atom. The summed E-state index contributed by atoms with van der Waals surface area (Å²) in [7, 11) is -1.45. The van der Waals surface area contributed by atoms with Crippen molar-refractivity contribution in [3.05, 3.63) is 43.0 Å². The molecule has 0 saturated carbocycles. The Hall–Kier alpha value is -1.51. The highest BCUT2D eigenvalue weighted by Gasteiger charge is 2.27. The van der Waals surface area contributed by atoms with E-state index in [-0.39, 0.29) is 0 Å².